The van der Waals surface area contributed by atoms with E-state index in [0.717, 1.165) is 28.3 Å². The second kappa shape index (κ2) is 8.28. The van der Waals surface area contributed by atoms with Gasteiger partial charge in [0.15, 0.2) is 5.57 Å². The highest BCUT2D eigenvalue weighted by Gasteiger charge is 2.21. The fourth-order valence-electron chi connectivity index (χ4n) is 3.23. The van der Waals surface area contributed by atoms with Gasteiger partial charge in [-0.1, -0.05) is 24.3 Å². The molecule has 0 bridgehead atoms. The standard InChI is InChI=1S/C21H21N3O3S/c1-4-23-16-10-8-7-9-14(16)11-12-17(23)18-19(25)24(5-2)20(28-18)15(13-22)21(26)27-6-3/h7-12H,4-6H2,1-3H3/b18-17-,20-15+. The first-order chi connectivity index (χ1) is 13.6. The van der Waals surface area contributed by atoms with Crippen molar-refractivity contribution in [2.24, 2.45) is 0 Å². The molecule has 7 heteroatoms. The molecule has 0 spiro atoms. The molecule has 0 atom stereocenters. The van der Waals surface area contributed by atoms with Gasteiger partial charge in [0.1, 0.15) is 15.3 Å². The van der Waals surface area contributed by atoms with Crippen molar-refractivity contribution in [1.29, 1.82) is 5.26 Å². The fourth-order valence-corrected chi connectivity index (χ4v) is 4.46. The van der Waals surface area contributed by atoms with Gasteiger partial charge in [-0.25, -0.2) is 4.79 Å². The second-order valence-electron chi connectivity index (χ2n) is 6.01. The number of nitrogens with zero attached hydrogens (tertiary/aromatic N) is 3. The van der Waals surface area contributed by atoms with Crippen molar-refractivity contribution in [2.75, 3.05) is 18.1 Å². The fraction of sp³-hybridized carbons (Fsp3) is 0.286. The third kappa shape index (κ3) is 3.27. The Kier molecular flexibility index (Phi) is 5.81. The Labute approximate surface area is 166 Å². The van der Waals surface area contributed by atoms with E-state index < -0.39 is 5.97 Å². The zero-order valence-corrected chi connectivity index (χ0v) is 16.9. The number of fused-ring (bicyclic) bond motifs is 1. The quantitative estimate of drug-likeness (QED) is 0.739. The molecule has 2 aromatic rings. The molecular formula is C21H21N3O3S. The van der Waals surface area contributed by atoms with Crippen LogP contribution in [0.25, 0.3) is 17.3 Å². The minimum atomic E-state index is -0.707. The Balaban J connectivity index is 2.36. The number of hydrogen-bond acceptors (Lipinski definition) is 6. The number of rotatable bonds is 4. The number of nitriles is 1. The molecule has 3 rings (SSSR count). The first-order valence-electron chi connectivity index (χ1n) is 9.17. The Hall–Kier alpha value is -3.11. The number of anilines is 1. The van der Waals surface area contributed by atoms with Crippen molar-refractivity contribution in [2.45, 2.75) is 27.3 Å². The topological polar surface area (TPSA) is 75.3 Å². The number of carbonyl (C=O) groups excluding carboxylic acids is 1. The summed E-state index contributed by atoms with van der Waals surface area (Å²) in [6.07, 6.45) is 3.89. The molecule has 0 saturated carbocycles. The van der Waals surface area contributed by atoms with Crippen LogP contribution in [-0.4, -0.2) is 23.7 Å². The second-order valence-corrected chi connectivity index (χ2v) is 7.01. The summed E-state index contributed by atoms with van der Waals surface area (Å²) in [5.41, 5.74) is 2.52. The summed E-state index contributed by atoms with van der Waals surface area (Å²) in [5.74, 6) is -0.707. The number of para-hydroxylation sites is 1. The van der Waals surface area contributed by atoms with Crippen LogP contribution in [-0.2, 0) is 16.1 Å². The van der Waals surface area contributed by atoms with Gasteiger partial charge < -0.3 is 9.64 Å². The third-order valence-corrected chi connectivity index (χ3v) is 5.70. The van der Waals surface area contributed by atoms with E-state index in [1.54, 1.807) is 6.92 Å². The van der Waals surface area contributed by atoms with Crippen LogP contribution in [0.1, 0.15) is 26.3 Å². The highest BCUT2D eigenvalue weighted by atomic mass is 32.1. The minimum Gasteiger partial charge on any atom is -0.462 e. The smallest absolute Gasteiger partial charge is 0.351 e. The number of thiazole rings is 1. The first kappa shape index (κ1) is 19.6. The van der Waals surface area contributed by atoms with Gasteiger partial charge in [0, 0.05) is 18.8 Å². The van der Waals surface area contributed by atoms with Crippen LogP contribution in [0.4, 0.5) is 5.69 Å². The molecule has 0 fully saturated rings. The van der Waals surface area contributed by atoms with Gasteiger partial charge in [-0.2, -0.15) is 5.26 Å². The number of benzene rings is 1. The van der Waals surface area contributed by atoms with Gasteiger partial charge >= 0.3 is 5.97 Å². The summed E-state index contributed by atoms with van der Waals surface area (Å²) in [7, 11) is 0. The van der Waals surface area contributed by atoms with Gasteiger partial charge in [-0.3, -0.25) is 9.36 Å². The van der Waals surface area contributed by atoms with Crippen molar-refractivity contribution in [1.82, 2.24) is 4.57 Å². The number of ether oxygens (including phenoxy) is 1. The summed E-state index contributed by atoms with van der Waals surface area (Å²) in [5, 5.41) is 9.51. The highest BCUT2D eigenvalue weighted by Crippen LogP contribution is 2.30. The van der Waals surface area contributed by atoms with Crippen LogP contribution < -0.4 is 19.7 Å². The lowest BCUT2D eigenvalue weighted by Gasteiger charge is -2.28. The van der Waals surface area contributed by atoms with Crippen molar-refractivity contribution in [3.05, 3.63) is 55.5 Å². The van der Waals surface area contributed by atoms with E-state index in [9.17, 15) is 14.9 Å². The molecular weight excluding hydrogens is 374 g/mol. The lowest BCUT2D eigenvalue weighted by atomic mass is 10.1. The number of carbonyl (C=O) groups is 1. The normalized spacial score (nSPS) is 15.7. The van der Waals surface area contributed by atoms with E-state index in [0.29, 0.717) is 22.3 Å². The van der Waals surface area contributed by atoms with E-state index in [-0.39, 0.29) is 17.7 Å². The zero-order chi connectivity index (χ0) is 20.3. The Morgan fingerprint density at radius 3 is 2.57 bits per heavy atom. The molecule has 1 aliphatic rings. The maximum atomic E-state index is 13.1. The summed E-state index contributed by atoms with van der Waals surface area (Å²) >= 11 is 1.16. The molecule has 0 amide bonds. The predicted octanol–water partition coefficient (Wildman–Crippen LogP) is 1.83. The van der Waals surface area contributed by atoms with Crippen molar-refractivity contribution < 1.29 is 9.53 Å². The van der Waals surface area contributed by atoms with Crippen LogP contribution in [0.5, 0.6) is 0 Å². The molecule has 0 N–H and O–H groups in total. The average molecular weight is 395 g/mol. The number of esters is 1. The molecule has 144 valence electrons. The largest absolute Gasteiger partial charge is 0.462 e. The van der Waals surface area contributed by atoms with Crippen LogP contribution in [0.3, 0.4) is 0 Å². The maximum absolute atomic E-state index is 13.1. The lowest BCUT2D eigenvalue weighted by molar-refractivity contribution is -0.136. The number of hydrogen-bond donors (Lipinski definition) is 0. The van der Waals surface area contributed by atoms with E-state index in [2.05, 4.69) is 4.90 Å². The summed E-state index contributed by atoms with van der Waals surface area (Å²) < 4.78 is 7.29. The predicted molar refractivity (Wildman–Crippen MR) is 111 cm³/mol. The molecule has 1 aromatic carbocycles. The minimum absolute atomic E-state index is 0.138. The Morgan fingerprint density at radius 1 is 1.18 bits per heavy atom. The highest BCUT2D eigenvalue weighted by molar-refractivity contribution is 7.07. The van der Waals surface area contributed by atoms with Gasteiger partial charge in [0.25, 0.3) is 5.56 Å². The molecule has 2 heterocycles. The average Bonchev–Trinajstić information content (AvgIpc) is 3.03. The van der Waals surface area contributed by atoms with Crippen LogP contribution >= 0.6 is 11.3 Å². The van der Waals surface area contributed by atoms with Crippen LogP contribution in [0.15, 0.2) is 35.1 Å². The molecule has 0 unspecified atom stereocenters. The van der Waals surface area contributed by atoms with E-state index in [4.69, 9.17) is 4.74 Å². The van der Waals surface area contributed by atoms with Gasteiger partial charge in [0.2, 0.25) is 0 Å². The Bertz CT molecular complexity index is 1160. The van der Waals surface area contributed by atoms with E-state index in [1.165, 1.54) is 4.57 Å². The summed E-state index contributed by atoms with van der Waals surface area (Å²) in [6.45, 7) is 6.72. The Morgan fingerprint density at radius 2 is 1.93 bits per heavy atom. The molecule has 28 heavy (non-hydrogen) atoms. The van der Waals surface area contributed by atoms with Crippen molar-refractivity contribution >= 4 is 40.3 Å². The molecule has 1 aromatic heterocycles. The maximum Gasteiger partial charge on any atom is 0.351 e. The van der Waals surface area contributed by atoms with Gasteiger partial charge in [-0.15, -0.1) is 11.3 Å². The number of likely N-dealkylation sites (N-methyl/N-ethyl adjacent to an activating group) is 1. The SMILES string of the molecule is CCOC(=O)/C(C#N)=c1/s/c(=C2/C=Cc3ccccc3N2CC)c(=O)n1CC. The number of aromatic nitrogens is 1. The zero-order valence-electron chi connectivity index (χ0n) is 16.1. The van der Waals surface area contributed by atoms with E-state index in [1.807, 2.05) is 56.3 Å². The molecule has 0 aliphatic carbocycles. The van der Waals surface area contributed by atoms with Gasteiger partial charge in [0.05, 0.1) is 12.3 Å². The molecule has 1 aliphatic heterocycles. The first-order valence-corrected chi connectivity index (χ1v) is 9.99. The molecule has 0 saturated heterocycles. The third-order valence-electron chi connectivity index (χ3n) is 4.49. The van der Waals surface area contributed by atoms with Gasteiger partial charge in [-0.05, 0) is 38.5 Å². The van der Waals surface area contributed by atoms with E-state index >= 15 is 0 Å². The molecule has 6 nitrogen and oxygen atoms in total. The van der Waals surface area contributed by atoms with Crippen LogP contribution in [0, 0.1) is 11.3 Å². The summed E-state index contributed by atoms with van der Waals surface area (Å²) in [4.78, 5) is 27.4. The molecule has 0 radical (unpaired) electrons. The van der Waals surface area contributed by atoms with Crippen molar-refractivity contribution in [3.8, 4) is 6.07 Å². The lowest BCUT2D eigenvalue weighted by Crippen LogP contribution is -2.36. The van der Waals surface area contributed by atoms with Crippen molar-refractivity contribution in [3.63, 3.8) is 0 Å². The van der Waals surface area contributed by atoms with Crippen LogP contribution in [0.2, 0.25) is 0 Å². The summed E-state index contributed by atoms with van der Waals surface area (Å²) in [6, 6.07) is 9.89. The monoisotopic (exact) mass is 395 g/mol.